The Kier molecular flexibility index (Phi) is 6.99. The Morgan fingerprint density at radius 2 is 1.72 bits per heavy atom. The monoisotopic (exact) mass is 578 g/mol. The number of pyridine rings is 1. The van der Waals surface area contributed by atoms with Gasteiger partial charge >= 0.3 is 5.91 Å². The number of carbonyl (C=O) groups excluding carboxylic acids is 2. The van der Waals surface area contributed by atoms with Gasteiger partial charge in [-0.05, 0) is 42.3 Å². The number of benzene rings is 2. The van der Waals surface area contributed by atoms with Crippen LogP contribution in [0.4, 0.5) is 5.13 Å². The van der Waals surface area contributed by atoms with E-state index in [1.807, 2.05) is 31.2 Å². The number of anilines is 1. The number of Topliss-reactive ketones (excluding diaryl/α,β-unsaturated/α-hetero) is 1. The third-order valence-corrected chi connectivity index (χ3v) is 8.32. The van der Waals surface area contributed by atoms with Gasteiger partial charge in [-0.25, -0.2) is 0 Å². The summed E-state index contributed by atoms with van der Waals surface area (Å²) in [6.45, 7) is 2.04. The predicted octanol–water partition coefficient (Wildman–Crippen LogP) is 5.92. The van der Waals surface area contributed by atoms with E-state index in [0.29, 0.717) is 26.4 Å². The summed E-state index contributed by atoms with van der Waals surface area (Å²) in [5.41, 5.74) is 3.40. The molecule has 1 amide bonds. The van der Waals surface area contributed by atoms with Crippen molar-refractivity contribution in [3.05, 3.63) is 105 Å². The Morgan fingerprint density at radius 1 is 1.03 bits per heavy atom. The standard InChI is InChI=1S/C26H19BrN4O3S2/c1-15-2-4-16(5-3-15)14-35-26-30-29-25(36-26)31-21(17-6-8-19(27)9-7-17)20(23(33)24(31)34)22(32)18-10-12-28-13-11-18/h2-13,21,32H,14H2,1H3. The van der Waals surface area contributed by atoms with Crippen molar-refractivity contribution >= 4 is 61.6 Å². The van der Waals surface area contributed by atoms with Crippen molar-refractivity contribution in [1.82, 2.24) is 15.2 Å². The summed E-state index contributed by atoms with van der Waals surface area (Å²) in [4.78, 5) is 31.8. The Hall–Kier alpha value is -3.34. The highest BCUT2D eigenvalue weighted by Gasteiger charge is 2.48. The molecule has 1 aliphatic rings. The van der Waals surface area contributed by atoms with Crippen molar-refractivity contribution in [1.29, 1.82) is 0 Å². The van der Waals surface area contributed by atoms with Gasteiger partial charge in [-0.15, -0.1) is 10.2 Å². The SMILES string of the molecule is Cc1ccc(CSc2nnc(N3C(=O)C(=O)C(=C(O)c4ccncc4)C3c3ccc(Br)cc3)s2)cc1. The Labute approximate surface area is 224 Å². The van der Waals surface area contributed by atoms with Crippen LogP contribution in [0.1, 0.15) is 28.3 Å². The first-order valence-electron chi connectivity index (χ1n) is 10.9. The number of halogens is 1. The summed E-state index contributed by atoms with van der Waals surface area (Å²) >= 11 is 6.17. The van der Waals surface area contributed by atoms with Gasteiger partial charge in [-0.1, -0.05) is 81.0 Å². The van der Waals surface area contributed by atoms with Crippen LogP contribution in [0.3, 0.4) is 0 Å². The second kappa shape index (κ2) is 10.3. The molecule has 1 fully saturated rings. The number of aryl methyl sites for hydroxylation is 1. The lowest BCUT2D eigenvalue weighted by Gasteiger charge is -2.22. The summed E-state index contributed by atoms with van der Waals surface area (Å²) in [5.74, 6) is -1.10. The van der Waals surface area contributed by atoms with Gasteiger partial charge in [0.15, 0.2) is 4.34 Å². The van der Waals surface area contributed by atoms with Gasteiger partial charge in [0.1, 0.15) is 5.76 Å². The molecule has 0 spiro atoms. The molecule has 0 bridgehead atoms. The maximum Gasteiger partial charge on any atom is 0.301 e. The summed E-state index contributed by atoms with van der Waals surface area (Å²) in [6.07, 6.45) is 3.03. The fourth-order valence-electron chi connectivity index (χ4n) is 3.84. The Balaban J connectivity index is 1.52. The highest BCUT2D eigenvalue weighted by molar-refractivity contribution is 9.10. The molecule has 180 valence electrons. The maximum atomic E-state index is 13.3. The van der Waals surface area contributed by atoms with Crippen LogP contribution in [0.5, 0.6) is 0 Å². The second-order valence-electron chi connectivity index (χ2n) is 8.08. The fourth-order valence-corrected chi connectivity index (χ4v) is 5.93. The summed E-state index contributed by atoms with van der Waals surface area (Å²) in [5, 5.41) is 19.9. The number of nitrogens with zero attached hydrogens (tertiary/aromatic N) is 4. The van der Waals surface area contributed by atoms with E-state index in [-0.39, 0.29) is 11.3 Å². The van der Waals surface area contributed by atoms with E-state index in [0.717, 1.165) is 10.0 Å². The van der Waals surface area contributed by atoms with Gasteiger partial charge in [0.05, 0.1) is 11.6 Å². The molecule has 36 heavy (non-hydrogen) atoms. The number of rotatable bonds is 6. The molecule has 10 heteroatoms. The van der Waals surface area contributed by atoms with Crippen molar-refractivity contribution in [2.75, 3.05) is 4.90 Å². The normalized spacial score (nSPS) is 17.1. The van der Waals surface area contributed by atoms with Crippen molar-refractivity contribution in [3.63, 3.8) is 0 Å². The molecule has 1 N–H and O–H groups in total. The van der Waals surface area contributed by atoms with Gasteiger partial charge < -0.3 is 5.11 Å². The van der Waals surface area contributed by atoms with Crippen LogP contribution >= 0.6 is 39.0 Å². The summed E-state index contributed by atoms with van der Waals surface area (Å²) < 4.78 is 1.53. The van der Waals surface area contributed by atoms with Crippen molar-refractivity contribution in [2.45, 2.75) is 23.1 Å². The number of aliphatic hydroxyl groups is 1. The van der Waals surface area contributed by atoms with E-state index in [2.05, 4.69) is 55.4 Å². The molecule has 1 saturated heterocycles. The lowest BCUT2D eigenvalue weighted by atomic mass is 9.96. The molecule has 0 aliphatic carbocycles. The fraction of sp³-hybridized carbons (Fsp3) is 0.115. The van der Waals surface area contributed by atoms with Crippen LogP contribution in [0.15, 0.2) is 87.4 Å². The van der Waals surface area contributed by atoms with E-state index in [1.165, 1.54) is 46.0 Å². The lowest BCUT2D eigenvalue weighted by Crippen LogP contribution is -2.29. The van der Waals surface area contributed by atoms with E-state index < -0.39 is 17.7 Å². The zero-order chi connectivity index (χ0) is 25.2. The van der Waals surface area contributed by atoms with Crippen LogP contribution in [-0.4, -0.2) is 32.0 Å². The van der Waals surface area contributed by atoms with Crippen LogP contribution in [-0.2, 0) is 15.3 Å². The molecule has 1 aliphatic heterocycles. The van der Waals surface area contributed by atoms with E-state index in [1.54, 1.807) is 12.1 Å². The maximum absolute atomic E-state index is 13.3. The van der Waals surface area contributed by atoms with E-state index >= 15 is 0 Å². The van der Waals surface area contributed by atoms with Crippen LogP contribution in [0.25, 0.3) is 5.76 Å². The van der Waals surface area contributed by atoms with Gasteiger partial charge in [0, 0.05) is 28.2 Å². The largest absolute Gasteiger partial charge is 0.507 e. The van der Waals surface area contributed by atoms with Crippen molar-refractivity contribution in [2.24, 2.45) is 0 Å². The smallest absolute Gasteiger partial charge is 0.301 e. The molecule has 2 aromatic heterocycles. The molecule has 5 rings (SSSR count). The summed E-state index contributed by atoms with van der Waals surface area (Å²) in [6, 6.07) is 17.8. The molecule has 0 radical (unpaired) electrons. The topological polar surface area (TPSA) is 96.3 Å². The van der Waals surface area contributed by atoms with Gasteiger partial charge in [0.25, 0.3) is 5.78 Å². The zero-order valence-electron chi connectivity index (χ0n) is 19.0. The molecule has 4 aromatic rings. The number of ketones is 1. The second-order valence-corrected chi connectivity index (χ2v) is 11.2. The minimum atomic E-state index is -0.853. The predicted molar refractivity (Wildman–Crippen MR) is 144 cm³/mol. The molecule has 3 heterocycles. The van der Waals surface area contributed by atoms with Crippen molar-refractivity contribution < 1.29 is 14.7 Å². The zero-order valence-corrected chi connectivity index (χ0v) is 22.2. The van der Waals surface area contributed by atoms with Crippen molar-refractivity contribution in [3.8, 4) is 0 Å². The quantitative estimate of drug-likeness (QED) is 0.0996. The first kappa shape index (κ1) is 24.4. The minimum absolute atomic E-state index is 0.00224. The number of aliphatic hydroxyl groups excluding tert-OH is 1. The third-order valence-electron chi connectivity index (χ3n) is 5.67. The number of hydrogen-bond donors (Lipinski definition) is 1. The molecule has 0 saturated carbocycles. The average Bonchev–Trinajstić information content (AvgIpc) is 3.46. The highest BCUT2D eigenvalue weighted by Crippen LogP contribution is 2.44. The third kappa shape index (κ3) is 4.84. The van der Waals surface area contributed by atoms with Gasteiger partial charge in [0.2, 0.25) is 5.13 Å². The number of amides is 1. The molecular weight excluding hydrogens is 560 g/mol. The van der Waals surface area contributed by atoms with Gasteiger partial charge in [-0.2, -0.15) is 0 Å². The van der Waals surface area contributed by atoms with Crippen LogP contribution in [0.2, 0.25) is 0 Å². The number of thioether (sulfide) groups is 1. The molecule has 7 nitrogen and oxygen atoms in total. The first-order chi connectivity index (χ1) is 17.4. The van der Waals surface area contributed by atoms with Gasteiger partial charge in [-0.3, -0.25) is 19.5 Å². The number of hydrogen-bond acceptors (Lipinski definition) is 8. The lowest BCUT2D eigenvalue weighted by molar-refractivity contribution is -0.132. The summed E-state index contributed by atoms with van der Waals surface area (Å²) in [7, 11) is 0. The molecule has 2 aromatic carbocycles. The first-order valence-corrected chi connectivity index (χ1v) is 13.5. The minimum Gasteiger partial charge on any atom is -0.507 e. The Morgan fingerprint density at radius 3 is 2.42 bits per heavy atom. The van der Waals surface area contributed by atoms with Crippen LogP contribution in [0, 0.1) is 6.92 Å². The highest BCUT2D eigenvalue weighted by atomic mass is 79.9. The average molecular weight is 580 g/mol. The molecule has 1 unspecified atom stereocenters. The van der Waals surface area contributed by atoms with E-state index in [9.17, 15) is 14.7 Å². The Bertz CT molecular complexity index is 1450. The number of carbonyl (C=O) groups is 2. The molecular formula is C26H19BrN4O3S2. The molecule has 1 atom stereocenters. The van der Waals surface area contributed by atoms with E-state index in [4.69, 9.17) is 0 Å². The number of aromatic nitrogens is 3. The van der Waals surface area contributed by atoms with Crippen LogP contribution < -0.4 is 4.90 Å².